The highest BCUT2D eigenvalue weighted by Gasteiger charge is 2.37. The van der Waals surface area contributed by atoms with Crippen molar-refractivity contribution < 1.29 is 13.9 Å². The molecule has 0 N–H and O–H groups in total. The van der Waals surface area contributed by atoms with E-state index < -0.39 is 5.82 Å². The first-order valence-corrected chi connectivity index (χ1v) is 7.02. The summed E-state index contributed by atoms with van der Waals surface area (Å²) in [7, 11) is 0. The van der Waals surface area contributed by atoms with Gasteiger partial charge in [0.05, 0.1) is 23.8 Å². The van der Waals surface area contributed by atoms with Gasteiger partial charge in [0.15, 0.2) is 0 Å². The molecule has 3 rings (SSSR count). The topological polar surface area (TPSA) is 50.1 Å². The lowest BCUT2D eigenvalue weighted by Gasteiger charge is -2.27. The van der Waals surface area contributed by atoms with Crippen molar-refractivity contribution in [3.05, 3.63) is 35.1 Å². The zero-order valence-corrected chi connectivity index (χ0v) is 11.1. The van der Waals surface area contributed by atoms with Crippen LogP contribution in [0.5, 0.6) is 0 Å². The number of rotatable bonds is 3. The molecule has 2 atom stereocenters. The molecule has 0 aliphatic carbocycles. The largest absolute Gasteiger partial charge is 0.375 e. The van der Waals surface area contributed by atoms with E-state index in [1.54, 1.807) is 6.07 Å². The molecule has 104 valence electrons. The molecular weight excluding hydrogens is 257 g/mol. The third-order valence-corrected chi connectivity index (χ3v) is 4.30. The summed E-state index contributed by atoms with van der Waals surface area (Å²) in [6, 6.07) is 5.99. The summed E-state index contributed by atoms with van der Waals surface area (Å²) in [6.45, 7) is 0. The Morgan fingerprint density at radius 3 is 2.70 bits per heavy atom. The predicted octanol–water partition coefficient (Wildman–Crippen LogP) is 2.77. The second kappa shape index (κ2) is 5.34. The van der Waals surface area contributed by atoms with Crippen LogP contribution in [0.15, 0.2) is 18.2 Å². The number of benzene rings is 1. The lowest BCUT2D eigenvalue weighted by Crippen LogP contribution is -2.30. The SMILES string of the molecule is N#Cc1cc(F)ccc1CC(=O)C1CC2CCC(C1)O2. The Bertz CT molecular complexity index is 566. The van der Waals surface area contributed by atoms with Gasteiger partial charge in [0.25, 0.3) is 0 Å². The van der Waals surface area contributed by atoms with Gasteiger partial charge >= 0.3 is 0 Å². The third-order valence-electron chi connectivity index (χ3n) is 4.30. The molecule has 2 aliphatic rings. The maximum atomic E-state index is 13.1. The minimum Gasteiger partial charge on any atom is -0.375 e. The first-order chi connectivity index (χ1) is 9.65. The molecule has 0 saturated carbocycles. The van der Waals surface area contributed by atoms with Crippen molar-refractivity contribution in [3.63, 3.8) is 0 Å². The third kappa shape index (κ3) is 2.59. The molecule has 20 heavy (non-hydrogen) atoms. The summed E-state index contributed by atoms with van der Waals surface area (Å²) in [4.78, 5) is 12.4. The number of ether oxygens (including phenoxy) is 1. The van der Waals surface area contributed by atoms with Gasteiger partial charge in [-0.2, -0.15) is 5.26 Å². The van der Waals surface area contributed by atoms with Crippen LogP contribution in [0.25, 0.3) is 0 Å². The van der Waals surface area contributed by atoms with E-state index in [0.29, 0.717) is 5.56 Å². The van der Waals surface area contributed by atoms with Gasteiger partial charge < -0.3 is 4.74 Å². The normalized spacial score (nSPS) is 28.1. The lowest BCUT2D eigenvalue weighted by atomic mass is 9.87. The number of fused-ring (bicyclic) bond motifs is 2. The van der Waals surface area contributed by atoms with E-state index in [0.717, 1.165) is 25.7 Å². The average Bonchev–Trinajstić information content (AvgIpc) is 2.79. The van der Waals surface area contributed by atoms with Crippen molar-refractivity contribution >= 4 is 5.78 Å². The van der Waals surface area contributed by atoms with E-state index in [1.807, 2.05) is 6.07 Å². The lowest BCUT2D eigenvalue weighted by molar-refractivity contribution is -0.127. The van der Waals surface area contributed by atoms with E-state index in [2.05, 4.69) is 0 Å². The number of halogens is 1. The summed E-state index contributed by atoms with van der Waals surface area (Å²) in [6.07, 6.45) is 4.35. The van der Waals surface area contributed by atoms with Crippen LogP contribution in [0.4, 0.5) is 4.39 Å². The van der Waals surface area contributed by atoms with Gasteiger partial charge in [-0.1, -0.05) is 6.07 Å². The minimum atomic E-state index is -0.443. The Balaban J connectivity index is 1.72. The number of carbonyl (C=O) groups is 1. The standard InChI is InChI=1S/C16H16FNO2/c17-13-2-1-10(12(5-13)9-18)8-16(19)11-6-14-3-4-15(7-11)20-14/h1-2,5,11,14-15H,3-4,6-8H2. The molecule has 2 bridgehead atoms. The number of carbonyl (C=O) groups excluding carboxylic acids is 1. The fourth-order valence-electron chi connectivity index (χ4n) is 3.26. The van der Waals surface area contributed by atoms with E-state index in [4.69, 9.17) is 10.00 Å². The van der Waals surface area contributed by atoms with E-state index in [9.17, 15) is 9.18 Å². The van der Waals surface area contributed by atoms with Crippen LogP contribution in [0.2, 0.25) is 0 Å². The monoisotopic (exact) mass is 273 g/mol. The molecule has 2 aliphatic heterocycles. The van der Waals surface area contributed by atoms with E-state index >= 15 is 0 Å². The minimum absolute atomic E-state index is 0.0258. The molecule has 2 saturated heterocycles. The van der Waals surface area contributed by atoms with Crippen LogP contribution in [0.1, 0.15) is 36.8 Å². The van der Waals surface area contributed by atoms with Gasteiger partial charge in [-0.05, 0) is 43.4 Å². The number of nitriles is 1. The zero-order valence-electron chi connectivity index (χ0n) is 11.1. The highest BCUT2D eigenvalue weighted by atomic mass is 19.1. The first-order valence-electron chi connectivity index (χ1n) is 7.02. The second-order valence-corrected chi connectivity index (χ2v) is 5.68. The highest BCUT2D eigenvalue weighted by molar-refractivity contribution is 5.84. The van der Waals surface area contributed by atoms with Crippen molar-refractivity contribution in [1.29, 1.82) is 5.26 Å². The van der Waals surface area contributed by atoms with Crippen LogP contribution in [-0.4, -0.2) is 18.0 Å². The number of ketones is 1. The molecule has 0 amide bonds. The Morgan fingerprint density at radius 2 is 2.05 bits per heavy atom. The Morgan fingerprint density at radius 1 is 1.35 bits per heavy atom. The van der Waals surface area contributed by atoms with Gasteiger partial charge in [0, 0.05) is 12.3 Å². The quantitative estimate of drug-likeness (QED) is 0.850. The Labute approximate surface area is 117 Å². The molecule has 1 aromatic rings. The maximum Gasteiger partial charge on any atom is 0.140 e. The van der Waals surface area contributed by atoms with Crippen molar-refractivity contribution in [2.45, 2.75) is 44.3 Å². The molecule has 1 aromatic carbocycles. The first kappa shape index (κ1) is 13.3. The molecular formula is C16H16FNO2. The van der Waals surface area contributed by atoms with Gasteiger partial charge in [0.2, 0.25) is 0 Å². The average molecular weight is 273 g/mol. The summed E-state index contributed by atoms with van der Waals surface area (Å²) in [5.74, 6) is -0.270. The second-order valence-electron chi connectivity index (χ2n) is 5.68. The number of hydrogen-bond donors (Lipinski definition) is 0. The van der Waals surface area contributed by atoms with Crippen molar-refractivity contribution in [2.75, 3.05) is 0 Å². The highest BCUT2D eigenvalue weighted by Crippen LogP contribution is 2.36. The molecule has 0 aromatic heterocycles. The fourth-order valence-corrected chi connectivity index (χ4v) is 3.26. The van der Waals surface area contributed by atoms with Gasteiger partial charge in [0.1, 0.15) is 11.6 Å². The van der Waals surface area contributed by atoms with Crippen molar-refractivity contribution in [2.24, 2.45) is 5.92 Å². The van der Waals surface area contributed by atoms with Crippen LogP contribution in [0, 0.1) is 23.1 Å². The smallest absolute Gasteiger partial charge is 0.140 e. The maximum absolute atomic E-state index is 13.1. The molecule has 2 unspecified atom stereocenters. The van der Waals surface area contributed by atoms with Crippen LogP contribution in [0.3, 0.4) is 0 Å². The fraction of sp³-hybridized carbons (Fsp3) is 0.500. The molecule has 3 nitrogen and oxygen atoms in total. The molecule has 0 spiro atoms. The molecule has 2 fully saturated rings. The zero-order chi connectivity index (χ0) is 14.1. The molecule has 4 heteroatoms. The van der Waals surface area contributed by atoms with Crippen LogP contribution >= 0.6 is 0 Å². The summed E-state index contributed by atoms with van der Waals surface area (Å²) < 4.78 is 18.8. The Kier molecular flexibility index (Phi) is 3.54. The summed E-state index contributed by atoms with van der Waals surface area (Å²) >= 11 is 0. The number of hydrogen-bond acceptors (Lipinski definition) is 3. The van der Waals surface area contributed by atoms with Gasteiger partial charge in [-0.3, -0.25) is 4.79 Å². The molecule has 2 heterocycles. The van der Waals surface area contributed by atoms with Gasteiger partial charge in [-0.25, -0.2) is 4.39 Å². The Hall–Kier alpha value is -1.73. The molecule has 0 radical (unpaired) electrons. The van der Waals surface area contributed by atoms with Crippen LogP contribution in [-0.2, 0) is 16.0 Å². The van der Waals surface area contributed by atoms with E-state index in [-0.39, 0.29) is 35.9 Å². The van der Waals surface area contributed by atoms with E-state index in [1.165, 1.54) is 12.1 Å². The summed E-state index contributed by atoms with van der Waals surface area (Å²) in [5.41, 5.74) is 0.881. The summed E-state index contributed by atoms with van der Waals surface area (Å²) in [5, 5.41) is 9.01. The van der Waals surface area contributed by atoms with Crippen molar-refractivity contribution in [1.82, 2.24) is 0 Å². The van der Waals surface area contributed by atoms with Gasteiger partial charge in [-0.15, -0.1) is 0 Å². The van der Waals surface area contributed by atoms with Crippen LogP contribution < -0.4 is 0 Å². The number of nitrogens with zero attached hydrogens (tertiary/aromatic N) is 1. The van der Waals surface area contributed by atoms with Crippen molar-refractivity contribution in [3.8, 4) is 6.07 Å². The predicted molar refractivity (Wildman–Crippen MR) is 70.4 cm³/mol. The number of Topliss-reactive ketones (excluding diaryl/α,β-unsaturated/α-hetero) is 1.